The highest BCUT2D eigenvalue weighted by Gasteiger charge is 2.25. The molecule has 1 aliphatic rings. The number of furan rings is 1. The molecule has 144 valence electrons. The van der Waals surface area contributed by atoms with Gasteiger partial charge in [-0.3, -0.25) is 0 Å². The smallest absolute Gasteiger partial charge is 0.194 e. The van der Waals surface area contributed by atoms with Crippen molar-refractivity contribution < 1.29 is 19.0 Å². The molecule has 1 fully saturated rings. The van der Waals surface area contributed by atoms with E-state index in [9.17, 15) is 5.11 Å². The van der Waals surface area contributed by atoms with Crippen molar-refractivity contribution in [1.29, 1.82) is 0 Å². The van der Waals surface area contributed by atoms with Crippen LogP contribution in [0.5, 0.6) is 0 Å². The molecule has 0 amide bonds. The van der Waals surface area contributed by atoms with Gasteiger partial charge < -0.3 is 29.2 Å². The van der Waals surface area contributed by atoms with E-state index in [4.69, 9.17) is 13.9 Å². The lowest BCUT2D eigenvalue weighted by atomic mass is 10.1. The number of nitrogens with one attached hydrogen (secondary N) is 1. The van der Waals surface area contributed by atoms with Crippen molar-refractivity contribution in [2.45, 2.75) is 19.4 Å². The lowest BCUT2D eigenvalue weighted by Crippen LogP contribution is -2.40. The van der Waals surface area contributed by atoms with Crippen LogP contribution in [0.15, 0.2) is 27.8 Å². The number of aliphatic hydroxyl groups is 1. The maximum absolute atomic E-state index is 10.1. The molecule has 1 aromatic heterocycles. The number of guanidine groups is 1. The molecule has 8 heteroatoms. The Kier molecular flexibility index (Phi) is 11.1. The highest BCUT2D eigenvalue weighted by Crippen LogP contribution is 2.18. The minimum absolute atomic E-state index is 0. The van der Waals surface area contributed by atoms with E-state index >= 15 is 0 Å². The summed E-state index contributed by atoms with van der Waals surface area (Å²) in [5, 5.41) is 13.4. The second-order valence-corrected chi connectivity index (χ2v) is 5.89. The Morgan fingerprint density at radius 1 is 1.52 bits per heavy atom. The number of ether oxygens (including phenoxy) is 2. The Balaban J connectivity index is 0.00000312. The zero-order chi connectivity index (χ0) is 17.2. The Bertz CT molecular complexity index is 484. The Morgan fingerprint density at radius 3 is 3.04 bits per heavy atom. The van der Waals surface area contributed by atoms with Crippen LogP contribution in [-0.4, -0.2) is 69.1 Å². The van der Waals surface area contributed by atoms with Crippen molar-refractivity contribution in [2.75, 3.05) is 53.1 Å². The normalized spacial score (nSPS) is 18.9. The second kappa shape index (κ2) is 12.5. The third-order valence-electron chi connectivity index (χ3n) is 3.99. The summed E-state index contributed by atoms with van der Waals surface area (Å²) in [7, 11) is 1.68. The van der Waals surface area contributed by atoms with Gasteiger partial charge in [-0.2, -0.15) is 0 Å². The third-order valence-corrected chi connectivity index (χ3v) is 3.99. The van der Waals surface area contributed by atoms with Gasteiger partial charge >= 0.3 is 0 Å². The first-order valence-electron chi connectivity index (χ1n) is 8.56. The van der Waals surface area contributed by atoms with E-state index in [0.29, 0.717) is 24.9 Å². The van der Waals surface area contributed by atoms with Crippen LogP contribution in [0.3, 0.4) is 0 Å². The summed E-state index contributed by atoms with van der Waals surface area (Å²) in [6.45, 7) is 6.98. The van der Waals surface area contributed by atoms with Gasteiger partial charge in [0.05, 0.1) is 32.6 Å². The van der Waals surface area contributed by atoms with Gasteiger partial charge in [0.15, 0.2) is 5.96 Å². The summed E-state index contributed by atoms with van der Waals surface area (Å²) in [6, 6.07) is 3.53. The summed E-state index contributed by atoms with van der Waals surface area (Å²) in [5.41, 5.74) is 0. The molecule has 0 spiro atoms. The van der Waals surface area contributed by atoms with Crippen molar-refractivity contribution >= 4 is 29.9 Å². The van der Waals surface area contributed by atoms with Crippen LogP contribution in [-0.2, 0) is 9.47 Å². The van der Waals surface area contributed by atoms with Crippen LogP contribution in [0.4, 0.5) is 0 Å². The average molecular weight is 467 g/mol. The minimum Gasteiger partial charge on any atom is -0.467 e. The molecule has 2 heterocycles. The summed E-state index contributed by atoms with van der Waals surface area (Å²) in [4.78, 5) is 6.78. The number of hydrogen-bond acceptors (Lipinski definition) is 5. The van der Waals surface area contributed by atoms with Gasteiger partial charge in [0.25, 0.3) is 0 Å². The zero-order valence-corrected chi connectivity index (χ0v) is 17.3. The first-order chi connectivity index (χ1) is 11.7. The number of nitrogens with zero attached hydrogens (tertiary/aromatic N) is 2. The summed E-state index contributed by atoms with van der Waals surface area (Å²) in [5.74, 6) is 1.88. The van der Waals surface area contributed by atoms with Crippen LogP contribution >= 0.6 is 24.0 Å². The molecular formula is C17H30IN3O4. The first-order valence-corrected chi connectivity index (χ1v) is 8.56. The number of rotatable bonds is 9. The van der Waals surface area contributed by atoms with E-state index < -0.39 is 6.10 Å². The number of hydrogen-bond donors (Lipinski definition) is 2. The summed E-state index contributed by atoms with van der Waals surface area (Å²) < 4.78 is 15.8. The quantitative estimate of drug-likeness (QED) is 0.250. The molecule has 2 unspecified atom stereocenters. The predicted octanol–water partition coefficient (Wildman–Crippen LogP) is 1.88. The molecule has 0 saturated carbocycles. The lowest BCUT2D eigenvalue weighted by molar-refractivity contribution is 0.0536. The van der Waals surface area contributed by atoms with E-state index in [2.05, 4.69) is 15.2 Å². The first kappa shape index (κ1) is 22.2. The minimum atomic E-state index is -0.718. The molecule has 1 aliphatic heterocycles. The highest BCUT2D eigenvalue weighted by atomic mass is 127. The Hall–Kier alpha value is -0.840. The van der Waals surface area contributed by atoms with Gasteiger partial charge in [0.1, 0.15) is 11.9 Å². The maximum atomic E-state index is 10.1. The largest absolute Gasteiger partial charge is 0.467 e. The van der Waals surface area contributed by atoms with Crippen molar-refractivity contribution in [3.05, 3.63) is 24.2 Å². The van der Waals surface area contributed by atoms with Gasteiger partial charge in [0.2, 0.25) is 0 Å². The summed E-state index contributed by atoms with van der Waals surface area (Å²) >= 11 is 0. The van der Waals surface area contributed by atoms with Crippen molar-refractivity contribution in [3.63, 3.8) is 0 Å². The zero-order valence-electron chi connectivity index (χ0n) is 15.0. The fourth-order valence-electron chi connectivity index (χ4n) is 2.72. The van der Waals surface area contributed by atoms with E-state index in [1.807, 2.05) is 6.92 Å². The van der Waals surface area contributed by atoms with E-state index in [0.717, 1.165) is 38.6 Å². The fourth-order valence-corrected chi connectivity index (χ4v) is 2.72. The lowest BCUT2D eigenvalue weighted by Gasteiger charge is -2.22. The third kappa shape index (κ3) is 7.51. The van der Waals surface area contributed by atoms with Gasteiger partial charge in [-0.25, -0.2) is 4.99 Å². The van der Waals surface area contributed by atoms with E-state index in [-0.39, 0.29) is 30.5 Å². The van der Waals surface area contributed by atoms with Crippen LogP contribution in [0.1, 0.15) is 25.2 Å². The molecular weight excluding hydrogens is 437 g/mol. The standard InChI is InChI=1S/C17H29N3O4.HI/c1-3-18-17(19-11-15(21)16-5-4-8-24-16)20-7-6-14(12-20)13-23-10-9-22-2;/h4-5,8,14-15,21H,3,6-7,9-13H2,1-2H3,(H,18,19);1H. The molecule has 0 aliphatic carbocycles. The summed E-state index contributed by atoms with van der Waals surface area (Å²) in [6.07, 6.45) is 1.92. The maximum Gasteiger partial charge on any atom is 0.194 e. The molecule has 1 saturated heterocycles. The Labute approximate surface area is 166 Å². The molecule has 0 radical (unpaired) electrons. The Morgan fingerprint density at radius 2 is 2.36 bits per heavy atom. The molecule has 0 bridgehead atoms. The van der Waals surface area contributed by atoms with Crippen LogP contribution in [0, 0.1) is 5.92 Å². The molecule has 7 nitrogen and oxygen atoms in total. The number of aliphatic hydroxyl groups excluding tert-OH is 1. The number of halogens is 1. The van der Waals surface area contributed by atoms with Gasteiger partial charge in [-0.1, -0.05) is 0 Å². The van der Waals surface area contributed by atoms with Crippen LogP contribution in [0.25, 0.3) is 0 Å². The van der Waals surface area contributed by atoms with E-state index in [1.165, 1.54) is 0 Å². The molecule has 1 aromatic rings. The molecule has 2 atom stereocenters. The van der Waals surface area contributed by atoms with Crippen LogP contribution < -0.4 is 5.32 Å². The number of methoxy groups -OCH3 is 1. The topological polar surface area (TPSA) is 79.5 Å². The number of aliphatic imine (C=N–C) groups is 1. The monoisotopic (exact) mass is 467 g/mol. The average Bonchev–Trinajstić information content (AvgIpc) is 3.27. The molecule has 0 aromatic carbocycles. The SMILES string of the molecule is CCNC(=NCC(O)c1ccco1)N1CCC(COCCOC)C1.I. The highest BCUT2D eigenvalue weighted by molar-refractivity contribution is 14.0. The van der Waals surface area contributed by atoms with Gasteiger partial charge in [-0.15, -0.1) is 24.0 Å². The molecule has 2 rings (SSSR count). The van der Waals surface area contributed by atoms with Gasteiger partial charge in [0, 0.05) is 32.7 Å². The van der Waals surface area contributed by atoms with Crippen molar-refractivity contribution in [2.24, 2.45) is 10.9 Å². The van der Waals surface area contributed by atoms with Gasteiger partial charge in [-0.05, 0) is 25.5 Å². The fraction of sp³-hybridized carbons (Fsp3) is 0.706. The molecule has 25 heavy (non-hydrogen) atoms. The van der Waals surface area contributed by atoms with Crippen molar-refractivity contribution in [3.8, 4) is 0 Å². The number of likely N-dealkylation sites (tertiary alicyclic amines) is 1. The van der Waals surface area contributed by atoms with E-state index in [1.54, 1.807) is 25.5 Å². The van der Waals surface area contributed by atoms with Crippen molar-refractivity contribution in [1.82, 2.24) is 10.2 Å². The van der Waals surface area contributed by atoms with Crippen LogP contribution in [0.2, 0.25) is 0 Å². The predicted molar refractivity (Wildman–Crippen MR) is 107 cm³/mol. The second-order valence-electron chi connectivity index (χ2n) is 5.89. The molecule has 2 N–H and O–H groups in total.